The summed E-state index contributed by atoms with van der Waals surface area (Å²) in [5.41, 5.74) is -2.14. The van der Waals surface area contributed by atoms with Gasteiger partial charge in [0, 0.05) is 38.1 Å². The summed E-state index contributed by atoms with van der Waals surface area (Å²) in [6, 6.07) is 0.972. The van der Waals surface area contributed by atoms with Crippen molar-refractivity contribution in [3.63, 3.8) is 0 Å². The molecule has 1 unspecified atom stereocenters. The molecule has 2 fully saturated rings. The number of benzene rings is 1. The molecule has 3 atom stereocenters. The van der Waals surface area contributed by atoms with E-state index in [2.05, 4.69) is 10.2 Å². The topological polar surface area (TPSA) is 59.4 Å². The Labute approximate surface area is 182 Å². The molecule has 0 aliphatic carbocycles. The third-order valence-electron chi connectivity index (χ3n) is 6.18. The SMILES string of the molecule is CC(C)N1CCN(C(=O)[C@@H]2CC(c3ccc(C#N)c(C(F)(F)F)c3)[C@H](C(F)(F)F)N2)CC1. The monoisotopic (exact) mass is 462 g/mol. The van der Waals surface area contributed by atoms with E-state index in [-0.39, 0.29) is 18.0 Å². The zero-order valence-electron chi connectivity index (χ0n) is 17.6. The van der Waals surface area contributed by atoms with Gasteiger partial charge in [-0.05, 0) is 38.0 Å². The van der Waals surface area contributed by atoms with Crippen molar-refractivity contribution in [2.75, 3.05) is 26.2 Å². The molecule has 1 aromatic rings. The van der Waals surface area contributed by atoms with Gasteiger partial charge in [-0.15, -0.1) is 0 Å². The van der Waals surface area contributed by atoms with Gasteiger partial charge < -0.3 is 4.90 Å². The number of rotatable bonds is 3. The van der Waals surface area contributed by atoms with Gasteiger partial charge >= 0.3 is 12.4 Å². The smallest absolute Gasteiger partial charge is 0.339 e. The summed E-state index contributed by atoms with van der Waals surface area (Å²) in [6.45, 7) is 6.00. The normalized spacial score (nSPS) is 25.2. The minimum absolute atomic E-state index is 0.203. The standard InChI is InChI=1S/C21H24F6N4O/c1-12(2)30-5-7-31(8-6-30)19(32)17-10-15(18(29-17)21(25,26)27)13-3-4-14(11-28)16(9-13)20(22,23)24/h3-4,9,12,15,17-18,29H,5-8,10H2,1-2H3/t15?,17-,18+/m0/s1. The molecule has 3 rings (SSSR count). The maximum atomic E-state index is 13.7. The Kier molecular flexibility index (Phi) is 6.77. The molecule has 2 saturated heterocycles. The van der Waals surface area contributed by atoms with Gasteiger partial charge in [-0.3, -0.25) is 15.0 Å². The number of nitrogens with zero attached hydrogens (tertiary/aromatic N) is 3. The average molecular weight is 462 g/mol. The first kappa shape index (κ1) is 24.3. The molecule has 32 heavy (non-hydrogen) atoms. The number of hydrogen-bond donors (Lipinski definition) is 1. The summed E-state index contributed by atoms with van der Waals surface area (Å²) in [5, 5.41) is 11.3. The van der Waals surface area contributed by atoms with Crippen LogP contribution in [0.3, 0.4) is 0 Å². The molecule has 1 N–H and O–H groups in total. The first-order valence-electron chi connectivity index (χ1n) is 10.3. The van der Waals surface area contributed by atoms with Crippen LogP contribution in [0.4, 0.5) is 26.3 Å². The third-order valence-corrected chi connectivity index (χ3v) is 6.18. The predicted octanol–water partition coefficient (Wildman–Crippen LogP) is 3.51. The van der Waals surface area contributed by atoms with Crippen molar-refractivity contribution in [2.45, 2.75) is 56.7 Å². The van der Waals surface area contributed by atoms with Crippen LogP contribution in [0.1, 0.15) is 42.9 Å². The van der Waals surface area contributed by atoms with Crippen molar-refractivity contribution in [3.8, 4) is 6.07 Å². The average Bonchev–Trinajstić information content (AvgIpc) is 3.18. The Morgan fingerprint density at radius 1 is 1.12 bits per heavy atom. The molecule has 176 valence electrons. The fourth-order valence-electron chi connectivity index (χ4n) is 4.42. The number of carbonyl (C=O) groups is 1. The highest BCUT2D eigenvalue weighted by molar-refractivity contribution is 5.82. The lowest BCUT2D eigenvalue weighted by molar-refractivity contribution is -0.157. The van der Waals surface area contributed by atoms with E-state index in [0.29, 0.717) is 32.2 Å². The van der Waals surface area contributed by atoms with Gasteiger partial charge in [-0.2, -0.15) is 31.6 Å². The van der Waals surface area contributed by atoms with Crippen molar-refractivity contribution in [1.82, 2.24) is 15.1 Å². The Bertz CT molecular complexity index is 884. The first-order chi connectivity index (χ1) is 14.8. The van der Waals surface area contributed by atoms with Crippen LogP contribution in [0.5, 0.6) is 0 Å². The van der Waals surface area contributed by atoms with E-state index < -0.39 is 47.4 Å². The highest BCUT2D eigenvalue weighted by Gasteiger charge is 2.53. The van der Waals surface area contributed by atoms with Gasteiger partial charge in [-0.1, -0.05) is 6.07 Å². The van der Waals surface area contributed by atoms with Crippen molar-refractivity contribution in [3.05, 3.63) is 34.9 Å². The summed E-state index contributed by atoms with van der Waals surface area (Å²) < 4.78 is 81.1. The molecule has 2 aliphatic rings. The highest BCUT2D eigenvalue weighted by atomic mass is 19.4. The van der Waals surface area contributed by atoms with E-state index in [4.69, 9.17) is 5.26 Å². The molecular formula is C21H24F6N4O. The fraction of sp³-hybridized carbons (Fsp3) is 0.619. The largest absolute Gasteiger partial charge is 0.417 e. The van der Waals surface area contributed by atoms with Gasteiger partial charge in [0.05, 0.1) is 23.2 Å². The Hall–Kier alpha value is -2.32. The molecule has 1 aromatic carbocycles. The van der Waals surface area contributed by atoms with Gasteiger partial charge in [-0.25, -0.2) is 0 Å². The van der Waals surface area contributed by atoms with Gasteiger partial charge in [0.1, 0.15) is 6.04 Å². The Morgan fingerprint density at radius 2 is 1.75 bits per heavy atom. The van der Waals surface area contributed by atoms with E-state index in [1.165, 1.54) is 11.0 Å². The summed E-state index contributed by atoms with van der Waals surface area (Å²) in [5.74, 6) is -1.86. The second-order valence-electron chi connectivity index (χ2n) is 8.45. The van der Waals surface area contributed by atoms with E-state index >= 15 is 0 Å². The molecule has 5 nitrogen and oxygen atoms in total. The van der Waals surface area contributed by atoms with Gasteiger partial charge in [0.25, 0.3) is 0 Å². The third kappa shape index (κ3) is 5.02. The predicted molar refractivity (Wildman–Crippen MR) is 104 cm³/mol. The van der Waals surface area contributed by atoms with Crippen LogP contribution in [0.25, 0.3) is 0 Å². The van der Waals surface area contributed by atoms with Crippen LogP contribution in [-0.4, -0.2) is 66.2 Å². The lowest BCUT2D eigenvalue weighted by atomic mass is 9.88. The summed E-state index contributed by atoms with van der Waals surface area (Å²) in [4.78, 5) is 16.6. The van der Waals surface area contributed by atoms with Crippen molar-refractivity contribution < 1.29 is 31.1 Å². The summed E-state index contributed by atoms with van der Waals surface area (Å²) in [7, 11) is 0. The highest BCUT2D eigenvalue weighted by Crippen LogP contribution is 2.42. The molecule has 0 aromatic heterocycles. The zero-order chi connectivity index (χ0) is 23.8. The molecule has 2 aliphatic heterocycles. The van der Waals surface area contributed by atoms with E-state index in [0.717, 1.165) is 12.1 Å². The minimum Gasteiger partial charge on any atom is -0.339 e. The number of carbonyl (C=O) groups excluding carboxylic acids is 1. The molecule has 11 heteroatoms. The van der Waals surface area contributed by atoms with Gasteiger partial charge in [0.15, 0.2) is 0 Å². The quantitative estimate of drug-likeness (QED) is 0.699. The van der Waals surface area contributed by atoms with Gasteiger partial charge in [0.2, 0.25) is 5.91 Å². The lowest BCUT2D eigenvalue weighted by Crippen LogP contribution is -2.55. The number of piperazine rings is 1. The molecule has 0 bridgehead atoms. The van der Waals surface area contributed by atoms with Crippen LogP contribution in [-0.2, 0) is 11.0 Å². The maximum absolute atomic E-state index is 13.7. The number of alkyl halides is 6. The zero-order valence-corrected chi connectivity index (χ0v) is 17.6. The molecule has 0 spiro atoms. The molecule has 0 saturated carbocycles. The minimum atomic E-state index is -4.88. The van der Waals surface area contributed by atoms with Crippen LogP contribution < -0.4 is 5.32 Å². The lowest BCUT2D eigenvalue weighted by Gasteiger charge is -2.38. The van der Waals surface area contributed by atoms with Crippen LogP contribution in [0, 0.1) is 11.3 Å². The number of nitriles is 1. The number of halogens is 6. The number of amides is 1. The maximum Gasteiger partial charge on any atom is 0.417 e. The molecular weight excluding hydrogens is 438 g/mol. The summed E-state index contributed by atoms with van der Waals surface area (Å²) >= 11 is 0. The fourth-order valence-corrected chi connectivity index (χ4v) is 4.42. The summed E-state index contributed by atoms with van der Waals surface area (Å²) in [6.07, 6.45) is -9.93. The number of nitrogens with one attached hydrogen (secondary N) is 1. The van der Waals surface area contributed by atoms with Crippen molar-refractivity contribution in [1.29, 1.82) is 5.26 Å². The Balaban J connectivity index is 1.84. The van der Waals surface area contributed by atoms with E-state index in [1.807, 2.05) is 13.8 Å². The van der Waals surface area contributed by atoms with E-state index in [9.17, 15) is 31.1 Å². The van der Waals surface area contributed by atoms with E-state index in [1.54, 1.807) is 0 Å². The van der Waals surface area contributed by atoms with Crippen molar-refractivity contribution in [2.24, 2.45) is 0 Å². The second kappa shape index (κ2) is 8.90. The second-order valence-corrected chi connectivity index (χ2v) is 8.45. The Morgan fingerprint density at radius 3 is 2.25 bits per heavy atom. The molecule has 0 radical (unpaired) electrons. The molecule has 2 heterocycles. The van der Waals surface area contributed by atoms with Crippen LogP contribution >= 0.6 is 0 Å². The van der Waals surface area contributed by atoms with Crippen LogP contribution in [0.15, 0.2) is 18.2 Å². The first-order valence-corrected chi connectivity index (χ1v) is 10.3. The molecule has 1 amide bonds. The van der Waals surface area contributed by atoms with Crippen molar-refractivity contribution >= 4 is 5.91 Å². The van der Waals surface area contributed by atoms with Crippen LogP contribution in [0.2, 0.25) is 0 Å². The number of hydrogen-bond acceptors (Lipinski definition) is 4.